The number of halogens is 2. The fraction of sp³-hybridized carbons (Fsp3) is 0.263. The van der Waals surface area contributed by atoms with Gasteiger partial charge in [-0.3, -0.25) is 9.59 Å². The second-order valence-electron chi connectivity index (χ2n) is 5.98. The number of benzene rings is 2. The predicted octanol–water partition coefficient (Wildman–Crippen LogP) is 2.40. The molecule has 0 aromatic heterocycles. The van der Waals surface area contributed by atoms with E-state index in [-0.39, 0.29) is 24.2 Å². The van der Waals surface area contributed by atoms with Crippen LogP contribution < -0.4 is 11.1 Å². The third-order valence-corrected chi connectivity index (χ3v) is 4.69. The molecule has 1 aliphatic heterocycles. The first kappa shape index (κ1) is 20.2. The zero-order valence-corrected chi connectivity index (χ0v) is 15.7. The Balaban J connectivity index is 0.00000243. The average molecular weight is 394 g/mol. The Morgan fingerprint density at radius 2 is 1.77 bits per heavy atom. The molecule has 1 heterocycles. The SMILES string of the molecule is Cl.NCCNC(=O)C1Cc2ccccc2CN1C(=O)c1ccccc1Cl. The minimum atomic E-state index is -0.578. The van der Waals surface area contributed by atoms with Crippen LogP contribution in [0.4, 0.5) is 0 Å². The summed E-state index contributed by atoms with van der Waals surface area (Å²) in [7, 11) is 0. The first-order chi connectivity index (χ1) is 12.1. The lowest BCUT2D eigenvalue weighted by Gasteiger charge is -2.36. The monoisotopic (exact) mass is 393 g/mol. The molecule has 3 rings (SSSR count). The van der Waals surface area contributed by atoms with Crippen LogP contribution in [0.15, 0.2) is 48.5 Å². The lowest BCUT2D eigenvalue weighted by atomic mass is 9.92. The molecule has 1 unspecified atom stereocenters. The van der Waals surface area contributed by atoms with Crippen LogP contribution in [-0.4, -0.2) is 35.8 Å². The van der Waals surface area contributed by atoms with E-state index in [1.54, 1.807) is 29.2 Å². The van der Waals surface area contributed by atoms with E-state index in [4.69, 9.17) is 17.3 Å². The van der Waals surface area contributed by atoms with Gasteiger partial charge in [0, 0.05) is 26.1 Å². The van der Waals surface area contributed by atoms with Crippen LogP contribution in [0.1, 0.15) is 21.5 Å². The third-order valence-electron chi connectivity index (χ3n) is 4.36. The van der Waals surface area contributed by atoms with Crippen LogP contribution in [0, 0.1) is 0 Å². The molecule has 1 atom stereocenters. The topological polar surface area (TPSA) is 75.4 Å². The summed E-state index contributed by atoms with van der Waals surface area (Å²) in [6.07, 6.45) is 0.475. The van der Waals surface area contributed by atoms with E-state index >= 15 is 0 Å². The normalized spacial score (nSPS) is 15.6. The van der Waals surface area contributed by atoms with Crippen LogP contribution in [0.5, 0.6) is 0 Å². The highest BCUT2D eigenvalue weighted by molar-refractivity contribution is 6.33. The minimum Gasteiger partial charge on any atom is -0.353 e. The van der Waals surface area contributed by atoms with Gasteiger partial charge in [-0.1, -0.05) is 48.0 Å². The molecular formula is C19H21Cl2N3O2. The zero-order valence-electron chi connectivity index (χ0n) is 14.2. The maximum absolute atomic E-state index is 13.1. The van der Waals surface area contributed by atoms with Gasteiger partial charge in [-0.2, -0.15) is 0 Å². The molecule has 0 spiro atoms. The van der Waals surface area contributed by atoms with Crippen LogP contribution >= 0.6 is 24.0 Å². The van der Waals surface area contributed by atoms with Gasteiger partial charge in [0.1, 0.15) is 6.04 Å². The lowest BCUT2D eigenvalue weighted by molar-refractivity contribution is -0.126. The summed E-state index contributed by atoms with van der Waals surface area (Å²) in [6, 6.07) is 14.2. The molecule has 0 saturated carbocycles. The highest BCUT2D eigenvalue weighted by Crippen LogP contribution is 2.27. The van der Waals surface area contributed by atoms with Crippen LogP contribution in [0.2, 0.25) is 5.02 Å². The second kappa shape index (κ2) is 9.03. The van der Waals surface area contributed by atoms with Crippen molar-refractivity contribution in [3.63, 3.8) is 0 Å². The number of nitrogens with two attached hydrogens (primary N) is 1. The van der Waals surface area contributed by atoms with Gasteiger partial charge in [-0.05, 0) is 23.3 Å². The molecule has 0 bridgehead atoms. The standard InChI is InChI=1S/C19H20ClN3O2.ClH/c20-16-8-4-3-7-15(16)19(25)23-12-14-6-2-1-5-13(14)11-17(23)18(24)22-10-9-21;/h1-8,17H,9-12,21H2,(H,22,24);1H. The van der Waals surface area contributed by atoms with Gasteiger partial charge in [-0.15, -0.1) is 12.4 Å². The van der Waals surface area contributed by atoms with E-state index in [0.717, 1.165) is 11.1 Å². The fourth-order valence-corrected chi connectivity index (χ4v) is 3.29. The quantitative estimate of drug-likeness (QED) is 0.836. The number of nitrogens with one attached hydrogen (secondary N) is 1. The van der Waals surface area contributed by atoms with Gasteiger partial charge >= 0.3 is 0 Å². The van der Waals surface area contributed by atoms with Crippen molar-refractivity contribution in [1.29, 1.82) is 0 Å². The van der Waals surface area contributed by atoms with Gasteiger partial charge in [0.2, 0.25) is 5.91 Å². The first-order valence-corrected chi connectivity index (χ1v) is 8.59. The zero-order chi connectivity index (χ0) is 17.8. The minimum absolute atomic E-state index is 0. The molecule has 1 aliphatic rings. The molecule has 2 amide bonds. The molecule has 2 aromatic rings. The second-order valence-corrected chi connectivity index (χ2v) is 6.39. The molecule has 0 fully saturated rings. The summed E-state index contributed by atoms with van der Waals surface area (Å²) >= 11 is 6.18. The van der Waals surface area contributed by atoms with Gasteiger partial charge in [0.15, 0.2) is 0 Å². The Kier molecular flexibility index (Phi) is 7.03. The molecule has 2 aromatic carbocycles. The van der Waals surface area contributed by atoms with E-state index in [1.807, 2.05) is 24.3 Å². The van der Waals surface area contributed by atoms with Gasteiger partial charge in [-0.25, -0.2) is 0 Å². The number of nitrogens with zero attached hydrogens (tertiary/aromatic N) is 1. The van der Waals surface area contributed by atoms with Crippen molar-refractivity contribution in [1.82, 2.24) is 10.2 Å². The maximum Gasteiger partial charge on any atom is 0.256 e. The van der Waals surface area contributed by atoms with E-state index in [1.165, 1.54) is 0 Å². The van der Waals surface area contributed by atoms with Crippen molar-refractivity contribution in [2.45, 2.75) is 19.0 Å². The number of carbonyl (C=O) groups is 2. The van der Waals surface area contributed by atoms with E-state index in [0.29, 0.717) is 36.6 Å². The Labute approximate surface area is 163 Å². The Morgan fingerprint density at radius 1 is 1.12 bits per heavy atom. The molecule has 0 saturated heterocycles. The van der Waals surface area contributed by atoms with E-state index in [9.17, 15) is 9.59 Å². The summed E-state index contributed by atoms with van der Waals surface area (Å²) in [5.41, 5.74) is 8.01. The van der Waals surface area contributed by atoms with Gasteiger partial charge in [0.05, 0.1) is 10.6 Å². The van der Waals surface area contributed by atoms with Crippen molar-refractivity contribution in [2.24, 2.45) is 5.73 Å². The summed E-state index contributed by atoms with van der Waals surface area (Å²) in [5.74, 6) is -0.437. The molecule has 0 radical (unpaired) electrons. The average Bonchev–Trinajstić information content (AvgIpc) is 2.65. The smallest absolute Gasteiger partial charge is 0.256 e. The number of fused-ring (bicyclic) bond motifs is 1. The van der Waals surface area contributed by atoms with Crippen molar-refractivity contribution in [2.75, 3.05) is 13.1 Å². The van der Waals surface area contributed by atoms with Crippen molar-refractivity contribution < 1.29 is 9.59 Å². The predicted molar refractivity (Wildman–Crippen MR) is 105 cm³/mol. The largest absolute Gasteiger partial charge is 0.353 e. The van der Waals surface area contributed by atoms with E-state index < -0.39 is 6.04 Å². The Morgan fingerprint density at radius 3 is 2.46 bits per heavy atom. The molecule has 7 heteroatoms. The highest BCUT2D eigenvalue weighted by atomic mass is 35.5. The first-order valence-electron chi connectivity index (χ1n) is 8.22. The van der Waals surface area contributed by atoms with Crippen molar-refractivity contribution in [3.05, 3.63) is 70.2 Å². The van der Waals surface area contributed by atoms with Crippen LogP contribution in [-0.2, 0) is 17.8 Å². The number of amides is 2. The molecule has 0 aliphatic carbocycles. The highest BCUT2D eigenvalue weighted by Gasteiger charge is 2.35. The molecule has 138 valence electrons. The van der Waals surface area contributed by atoms with Crippen molar-refractivity contribution >= 4 is 35.8 Å². The van der Waals surface area contributed by atoms with E-state index in [2.05, 4.69) is 5.32 Å². The Bertz CT molecular complexity index is 798. The summed E-state index contributed by atoms with van der Waals surface area (Å²) in [4.78, 5) is 27.3. The fourth-order valence-electron chi connectivity index (χ4n) is 3.07. The van der Waals surface area contributed by atoms with Crippen LogP contribution in [0.3, 0.4) is 0 Å². The van der Waals surface area contributed by atoms with Crippen molar-refractivity contribution in [3.8, 4) is 0 Å². The number of hydrogen-bond acceptors (Lipinski definition) is 3. The van der Waals surface area contributed by atoms with Gasteiger partial charge < -0.3 is 16.0 Å². The van der Waals surface area contributed by atoms with Gasteiger partial charge in [0.25, 0.3) is 5.91 Å². The number of carbonyl (C=O) groups excluding carboxylic acids is 2. The molecule has 26 heavy (non-hydrogen) atoms. The molecule has 5 nitrogen and oxygen atoms in total. The third kappa shape index (κ3) is 4.18. The number of hydrogen-bond donors (Lipinski definition) is 2. The number of rotatable bonds is 4. The summed E-state index contributed by atoms with van der Waals surface area (Å²) in [5, 5.41) is 3.17. The molecule has 3 N–H and O–H groups in total. The maximum atomic E-state index is 13.1. The molecular weight excluding hydrogens is 373 g/mol. The lowest BCUT2D eigenvalue weighted by Crippen LogP contribution is -2.53. The summed E-state index contributed by atoms with van der Waals surface area (Å²) < 4.78 is 0. The van der Waals surface area contributed by atoms with Crippen LogP contribution in [0.25, 0.3) is 0 Å². The summed E-state index contributed by atoms with van der Waals surface area (Å²) in [6.45, 7) is 1.11. The Hall–Kier alpha value is -2.08.